The van der Waals surface area contributed by atoms with E-state index in [1.165, 1.54) is 0 Å². The Morgan fingerprint density at radius 2 is 2.03 bits per heavy atom. The van der Waals surface area contributed by atoms with E-state index in [0.717, 1.165) is 0 Å². The van der Waals surface area contributed by atoms with Gasteiger partial charge < -0.3 is 62.1 Å². The molecule has 1 amide bonds. The molecule has 13 heteroatoms. The second kappa shape index (κ2) is 12.9. The molecule has 1 saturated heterocycles. The van der Waals surface area contributed by atoms with Crippen molar-refractivity contribution in [3.63, 3.8) is 0 Å². The lowest BCUT2D eigenvalue weighted by Gasteiger charge is -2.50. The van der Waals surface area contributed by atoms with E-state index in [9.17, 15) is 20.1 Å². The Balaban J connectivity index is 1.76. The van der Waals surface area contributed by atoms with Gasteiger partial charge in [0.15, 0.2) is 6.29 Å². The standard InChI is InChI=1S/C23H43N5O8/c1-23(33)10-34-22(18(32)21(23)26-2)36-20-15(28-11-30)8-14(25)16(17(20)31)19-13(24)5-4-12(35-19)9-27-6-3-7-29/h4,11,13-22,26-27,29,31-33H,3,5-10,24-25H2,1-2H3,(H,28,30)/t13-,14+,15-,16?,17+,18-,19+,20+,21-,22-,23+/m1/s1. The van der Waals surface area contributed by atoms with E-state index < -0.39 is 66.4 Å². The van der Waals surface area contributed by atoms with Crippen molar-refractivity contribution < 1.29 is 39.4 Å². The molecule has 0 radical (unpaired) electrons. The number of likely N-dealkylation sites (N-methyl/N-ethyl adjacent to an activating group) is 1. The third kappa shape index (κ3) is 6.54. The van der Waals surface area contributed by atoms with E-state index in [1.54, 1.807) is 14.0 Å². The molecule has 0 aromatic carbocycles. The number of amides is 1. The Kier molecular flexibility index (Phi) is 10.5. The molecule has 2 aliphatic heterocycles. The van der Waals surface area contributed by atoms with Crippen LogP contribution >= 0.6 is 0 Å². The summed E-state index contributed by atoms with van der Waals surface area (Å²) in [6.45, 7) is 2.60. The molecule has 208 valence electrons. The van der Waals surface area contributed by atoms with Gasteiger partial charge in [0.1, 0.15) is 29.7 Å². The summed E-state index contributed by atoms with van der Waals surface area (Å²) >= 11 is 0. The van der Waals surface area contributed by atoms with E-state index >= 15 is 0 Å². The molecule has 36 heavy (non-hydrogen) atoms. The van der Waals surface area contributed by atoms with Crippen LogP contribution in [0, 0.1) is 5.92 Å². The fourth-order valence-corrected chi connectivity index (χ4v) is 5.48. The zero-order valence-corrected chi connectivity index (χ0v) is 21.0. The van der Waals surface area contributed by atoms with Crippen LogP contribution in [-0.4, -0.2) is 121 Å². The molecule has 11 atom stereocenters. The maximum atomic E-state index is 11.5. The van der Waals surface area contributed by atoms with Crippen LogP contribution in [0.3, 0.4) is 0 Å². The topological polar surface area (TPSA) is 214 Å². The molecule has 0 aromatic heterocycles. The summed E-state index contributed by atoms with van der Waals surface area (Å²) in [6.07, 6.45) is -1.36. The van der Waals surface area contributed by atoms with Gasteiger partial charge in [0.2, 0.25) is 6.41 Å². The predicted molar refractivity (Wildman–Crippen MR) is 129 cm³/mol. The van der Waals surface area contributed by atoms with Crippen molar-refractivity contribution >= 4 is 6.41 Å². The number of rotatable bonds is 11. The van der Waals surface area contributed by atoms with Crippen molar-refractivity contribution in [1.82, 2.24) is 16.0 Å². The summed E-state index contributed by atoms with van der Waals surface area (Å²) in [5, 5.41) is 50.5. The molecule has 2 fully saturated rings. The first kappa shape index (κ1) is 29.2. The molecule has 0 spiro atoms. The minimum Gasteiger partial charge on any atom is -0.492 e. The fraction of sp³-hybridized carbons (Fsp3) is 0.870. The molecule has 1 saturated carbocycles. The zero-order valence-electron chi connectivity index (χ0n) is 21.0. The van der Waals surface area contributed by atoms with Gasteiger partial charge in [-0.1, -0.05) is 0 Å². The van der Waals surface area contributed by atoms with E-state index in [2.05, 4.69) is 16.0 Å². The van der Waals surface area contributed by atoms with Crippen LogP contribution in [0.15, 0.2) is 11.8 Å². The van der Waals surface area contributed by atoms with Crippen LogP contribution < -0.4 is 27.4 Å². The predicted octanol–water partition coefficient (Wildman–Crippen LogP) is -3.78. The second-order valence-electron chi connectivity index (χ2n) is 10.2. The molecule has 1 aliphatic carbocycles. The van der Waals surface area contributed by atoms with Crippen LogP contribution in [-0.2, 0) is 19.0 Å². The lowest BCUT2D eigenvalue weighted by molar-refractivity contribution is -0.297. The Morgan fingerprint density at radius 1 is 1.28 bits per heavy atom. The third-order valence-electron chi connectivity index (χ3n) is 7.38. The van der Waals surface area contributed by atoms with Crippen LogP contribution in [0.1, 0.15) is 26.2 Å². The first-order valence-electron chi connectivity index (χ1n) is 12.6. The molecule has 1 unspecified atom stereocenters. The lowest BCUT2D eigenvalue weighted by Crippen LogP contribution is -2.69. The minimum absolute atomic E-state index is 0.0902. The van der Waals surface area contributed by atoms with Gasteiger partial charge in [0.25, 0.3) is 0 Å². The highest BCUT2D eigenvalue weighted by Gasteiger charge is 2.53. The molecule has 11 N–H and O–H groups in total. The normalized spacial score (nSPS) is 43.4. The molecular weight excluding hydrogens is 474 g/mol. The fourth-order valence-electron chi connectivity index (χ4n) is 5.48. The monoisotopic (exact) mass is 517 g/mol. The average Bonchev–Trinajstić information content (AvgIpc) is 2.82. The Labute approximate surface area is 211 Å². The van der Waals surface area contributed by atoms with Gasteiger partial charge >= 0.3 is 0 Å². The number of hydrogen-bond acceptors (Lipinski definition) is 12. The molecule has 0 bridgehead atoms. The number of carbonyl (C=O) groups excluding carboxylic acids is 1. The lowest BCUT2D eigenvalue weighted by atomic mass is 9.72. The van der Waals surface area contributed by atoms with Crippen molar-refractivity contribution in [3.05, 3.63) is 11.8 Å². The summed E-state index contributed by atoms with van der Waals surface area (Å²) < 4.78 is 17.9. The van der Waals surface area contributed by atoms with Crippen molar-refractivity contribution in [2.75, 3.05) is 33.4 Å². The number of hydrogen-bond donors (Lipinski definition) is 9. The Morgan fingerprint density at radius 3 is 2.69 bits per heavy atom. The van der Waals surface area contributed by atoms with Crippen molar-refractivity contribution in [1.29, 1.82) is 0 Å². The number of aliphatic hydroxyl groups is 4. The van der Waals surface area contributed by atoms with Gasteiger partial charge in [-0.25, -0.2) is 0 Å². The molecule has 0 aromatic rings. The van der Waals surface area contributed by atoms with Gasteiger partial charge in [-0.3, -0.25) is 4.79 Å². The van der Waals surface area contributed by atoms with Gasteiger partial charge in [-0.15, -0.1) is 0 Å². The number of carbonyl (C=O) groups is 1. The largest absolute Gasteiger partial charge is 0.492 e. The van der Waals surface area contributed by atoms with Gasteiger partial charge in [0.05, 0.1) is 31.3 Å². The van der Waals surface area contributed by atoms with Gasteiger partial charge in [-0.2, -0.15) is 0 Å². The third-order valence-corrected chi connectivity index (χ3v) is 7.38. The summed E-state index contributed by atoms with van der Waals surface area (Å²) in [5.74, 6) is 0.0505. The summed E-state index contributed by atoms with van der Waals surface area (Å²) in [7, 11) is 1.61. The SMILES string of the molecule is CN[C@@H]1[C@@H](O)[C@@H](O[C@H]2[C@H](NC=O)C[C@H](N)C([C@H]3OC(CNCCCO)=CC[C@H]3N)[C@@H]2O)OC[C@]1(C)O. The molecular formula is C23H43N5O8. The number of ether oxygens (including phenoxy) is 3. The summed E-state index contributed by atoms with van der Waals surface area (Å²) in [6, 6.07) is -2.37. The van der Waals surface area contributed by atoms with Crippen LogP contribution in [0.2, 0.25) is 0 Å². The highest BCUT2D eigenvalue weighted by atomic mass is 16.7. The Hall–Kier alpha value is -1.39. The van der Waals surface area contributed by atoms with E-state index in [0.29, 0.717) is 38.1 Å². The second-order valence-corrected chi connectivity index (χ2v) is 10.2. The zero-order chi connectivity index (χ0) is 26.5. The smallest absolute Gasteiger partial charge is 0.207 e. The first-order valence-corrected chi connectivity index (χ1v) is 12.6. The van der Waals surface area contributed by atoms with Crippen LogP contribution in [0.4, 0.5) is 0 Å². The maximum Gasteiger partial charge on any atom is 0.207 e. The highest BCUT2D eigenvalue weighted by Crippen LogP contribution is 2.36. The minimum atomic E-state index is -1.33. The number of nitrogens with one attached hydrogen (secondary N) is 3. The molecule has 3 rings (SSSR count). The van der Waals surface area contributed by atoms with Gasteiger partial charge in [-0.05, 0) is 45.9 Å². The molecule has 2 heterocycles. The van der Waals surface area contributed by atoms with Crippen molar-refractivity contribution in [2.45, 2.75) is 86.7 Å². The van der Waals surface area contributed by atoms with E-state index in [1.807, 2.05) is 6.08 Å². The summed E-state index contributed by atoms with van der Waals surface area (Å²) in [5.41, 5.74) is 11.5. The van der Waals surface area contributed by atoms with E-state index in [4.69, 9.17) is 30.8 Å². The molecule has 13 nitrogen and oxygen atoms in total. The number of nitrogens with two attached hydrogens (primary N) is 2. The van der Waals surface area contributed by atoms with E-state index in [-0.39, 0.29) is 19.6 Å². The van der Waals surface area contributed by atoms with Crippen LogP contribution in [0.25, 0.3) is 0 Å². The Bertz CT molecular complexity index is 743. The van der Waals surface area contributed by atoms with Crippen molar-refractivity contribution in [2.24, 2.45) is 17.4 Å². The average molecular weight is 518 g/mol. The van der Waals surface area contributed by atoms with Crippen LogP contribution in [0.5, 0.6) is 0 Å². The first-order chi connectivity index (χ1) is 17.1. The van der Waals surface area contributed by atoms with Crippen molar-refractivity contribution in [3.8, 4) is 0 Å². The quantitative estimate of drug-likeness (QED) is 0.0954. The molecule has 3 aliphatic rings. The maximum absolute atomic E-state index is 11.5. The van der Waals surface area contributed by atoms with Gasteiger partial charge in [0, 0.05) is 24.6 Å². The summed E-state index contributed by atoms with van der Waals surface area (Å²) in [4.78, 5) is 11.3. The highest BCUT2D eigenvalue weighted by molar-refractivity contribution is 5.47. The number of aliphatic hydroxyl groups excluding tert-OH is 3.